The third kappa shape index (κ3) is 4.51. The van der Waals surface area contributed by atoms with E-state index in [2.05, 4.69) is 25.2 Å². The van der Waals surface area contributed by atoms with Crippen molar-refractivity contribution < 1.29 is 4.74 Å². The van der Waals surface area contributed by atoms with Crippen molar-refractivity contribution in [2.45, 2.75) is 11.9 Å². The summed E-state index contributed by atoms with van der Waals surface area (Å²) in [4.78, 5) is 26.8. The molecule has 3 aromatic rings. The van der Waals surface area contributed by atoms with Crippen LogP contribution >= 0.6 is 23.2 Å². The smallest absolute Gasteiger partial charge is 0.278 e. The molecule has 0 radical (unpaired) electrons. The minimum Gasteiger partial charge on any atom is -0.379 e. The van der Waals surface area contributed by atoms with E-state index in [4.69, 9.17) is 27.9 Å². The molecular formula is C18H22B2Cl2N6O2. The number of benzene rings is 1. The van der Waals surface area contributed by atoms with E-state index >= 15 is 0 Å². The van der Waals surface area contributed by atoms with Crippen LogP contribution in [-0.4, -0.2) is 73.0 Å². The van der Waals surface area contributed by atoms with Crippen molar-refractivity contribution in [3.63, 3.8) is 0 Å². The third-order valence-electron chi connectivity index (χ3n) is 5.32. The topological polar surface area (TPSA) is 88.1 Å². The zero-order valence-corrected chi connectivity index (χ0v) is 18.4. The van der Waals surface area contributed by atoms with E-state index in [1.165, 1.54) is 0 Å². The minimum atomic E-state index is -0.545. The van der Waals surface area contributed by atoms with E-state index in [0.29, 0.717) is 33.7 Å². The summed E-state index contributed by atoms with van der Waals surface area (Å²) in [6.45, 7) is 4.80. The molecule has 1 aliphatic rings. The summed E-state index contributed by atoms with van der Waals surface area (Å²) in [6.07, 6.45) is 1.67. The number of imidazole rings is 1. The highest BCUT2D eigenvalue weighted by molar-refractivity contribution is 6.43. The first-order valence-corrected chi connectivity index (χ1v) is 10.6. The van der Waals surface area contributed by atoms with Gasteiger partial charge in [0, 0.05) is 31.5 Å². The Balaban J connectivity index is 1.54. The predicted molar refractivity (Wildman–Crippen MR) is 124 cm³/mol. The molecule has 2 N–H and O–H groups in total. The molecule has 12 heteroatoms. The lowest BCUT2D eigenvalue weighted by Gasteiger charge is -2.28. The van der Waals surface area contributed by atoms with E-state index in [1.807, 2.05) is 26.3 Å². The second-order valence-corrected chi connectivity index (χ2v) is 8.67. The molecule has 156 valence electrons. The Morgan fingerprint density at radius 2 is 1.97 bits per heavy atom. The number of anilines is 1. The Kier molecular flexibility index (Phi) is 6.11. The van der Waals surface area contributed by atoms with Crippen LogP contribution in [0.1, 0.15) is 5.56 Å². The van der Waals surface area contributed by atoms with Crippen LogP contribution in [0, 0.1) is 0 Å². The highest BCUT2D eigenvalue weighted by Gasteiger charge is 2.23. The maximum absolute atomic E-state index is 12.8. The Morgan fingerprint density at radius 3 is 2.70 bits per heavy atom. The Hall–Kier alpha value is -2.00. The maximum Gasteiger partial charge on any atom is 0.278 e. The minimum absolute atomic E-state index is 0.230. The van der Waals surface area contributed by atoms with Gasteiger partial charge in [-0.3, -0.25) is 14.7 Å². The average Bonchev–Trinajstić information content (AvgIpc) is 3.12. The molecule has 30 heavy (non-hydrogen) atoms. The lowest BCUT2D eigenvalue weighted by Crippen LogP contribution is -2.38. The molecule has 0 amide bonds. The van der Waals surface area contributed by atoms with E-state index in [-0.39, 0.29) is 5.56 Å². The van der Waals surface area contributed by atoms with Gasteiger partial charge in [-0.15, -0.1) is 0 Å². The molecular weight excluding hydrogens is 425 g/mol. The predicted octanol–water partition coefficient (Wildman–Crippen LogP) is 0.247. The largest absolute Gasteiger partial charge is 0.379 e. The number of aromatic nitrogens is 4. The van der Waals surface area contributed by atoms with Gasteiger partial charge in [-0.1, -0.05) is 29.3 Å². The third-order valence-corrected chi connectivity index (χ3v) is 6.06. The lowest BCUT2D eigenvalue weighted by molar-refractivity contribution is 0.0365. The summed E-state index contributed by atoms with van der Waals surface area (Å²) in [5.41, 5.74) is 1.57. The first-order valence-electron chi connectivity index (χ1n) is 9.82. The van der Waals surface area contributed by atoms with Crippen molar-refractivity contribution in [3.05, 3.63) is 50.5 Å². The van der Waals surface area contributed by atoms with Crippen LogP contribution in [0.5, 0.6) is 0 Å². The Morgan fingerprint density at radius 1 is 1.20 bits per heavy atom. The van der Waals surface area contributed by atoms with Gasteiger partial charge in [0.25, 0.3) is 5.56 Å². The number of fused-ring (bicyclic) bond motifs is 1. The summed E-state index contributed by atoms with van der Waals surface area (Å²) >= 11 is 12.2. The first kappa shape index (κ1) is 21.2. The molecule has 2 aromatic heterocycles. The summed E-state index contributed by atoms with van der Waals surface area (Å²) in [5, 5.41) is 3.69. The number of H-pyrrole nitrogens is 1. The van der Waals surface area contributed by atoms with Gasteiger partial charge in [0.1, 0.15) is 15.7 Å². The number of rotatable bonds is 6. The molecule has 1 aromatic carbocycles. The lowest BCUT2D eigenvalue weighted by atomic mass is 9.58. The SMILES string of the molecule is BC(B)(Nc1nc2ncn(CCN3CCOCC3)c2c(=O)[nH]1)c1ccc(Cl)c(Cl)c1. The molecule has 8 nitrogen and oxygen atoms in total. The van der Waals surface area contributed by atoms with Crippen molar-refractivity contribution in [2.75, 3.05) is 38.2 Å². The van der Waals surface area contributed by atoms with Crippen LogP contribution < -0.4 is 10.9 Å². The van der Waals surface area contributed by atoms with Gasteiger partial charge in [0.15, 0.2) is 11.2 Å². The summed E-state index contributed by atoms with van der Waals surface area (Å²) in [6, 6.07) is 5.43. The van der Waals surface area contributed by atoms with E-state index < -0.39 is 5.34 Å². The highest BCUT2D eigenvalue weighted by atomic mass is 35.5. The molecule has 1 saturated heterocycles. The first-order chi connectivity index (χ1) is 14.3. The monoisotopic (exact) mass is 446 g/mol. The molecule has 0 aliphatic carbocycles. The van der Waals surface area contributed by atoms with Crippen LogP contribution in [0.15, 0.2) is 29.3 Å². The Labute approximate surface area is 185 Å². The number of aromatic amines is 1. The second kappa shape index (κ2) is 8.63. The number of nitrogens with zero attached hydrogens (tertiary/aromatic N) is 4. The molecule has 0 atom stereocenters. The van der Waals surface area contributed by atoms with E-state index in [9.17, 15) is 4.79 Å². The number of halogens is 2. The van der Waals surface area contributed by atoms with Crippen LogP contribution in [0.4, 0.5) is 5.95 Å². The molecule has 1 fully saturated rings. The number of nitrogens with one attached hydrogen (secondary N) is 2. The van der Waals surface area contributed by atoms with Gasteiger partial charge in [0.2, 0.25) is 5.95 Å². The summed E-state index contributed by atoms with van der Waals surface area (Å²) < 4.78 is 7.23. The van der Waals surface area contributed by atoms with Crippen molar-refractivity contribution in [1.29, 1.82) is 0 Å². The van der Waals surface area contributed by atoms with Gasteiger partial charge >= 0.3 is 0 Å². The normalized spacial score (nSPS) is 15.5. The molecule has 0 bridgehead atoms. The zero-order valence-electron chi connectivity index (χ0n) is 16.9. The van der Waals surface area contributed by atoms with Gasteiger partial charge in [-0.05, 0) is 17.7 Å². The van der Waals surface area contributed by atoms with Gasteiger partial charge in [-0.25, -0.2) is 4.98 Å². The van der Waals surface area contributed by atoms with E-state index in [0.717, 1.165) is 38.4 Å². The van der Waals surface area contributed by atoms with Crippen molar-refractivity contribution >= 4 is 56.0 Å². The van der Waals surface area contributed by atoms with Crippen LogP contribution in [-0.2, 0) is 16.6 Å². The van der Waals surface area contributed by atoms with E-state index in [1.54, 1.807) is 18.5 Å². The fourth-order valence-electron chi connectivity index (χ4n) is 3.54. The van der Waals surface area contributed by atoms with Gasteiger partial charge < -0.3 is 14.6 Å². The van der Waals surface area contributed by atoms with Crippen LogP contribution in [0.3, 0.4) is 0 Å². The highest BCUT2D eigenvalue weighted by Crippen LogP contribution is 2.27. The van der Waals surface area contributed by atoms with Crippen molar-refractivity contribution in [1.82, 2.24) is 24.4 Å². The zero-order chi connectivity index (χ0) is 21.3. The molecule has 0 saturated carbocycles. The van der Waals surface area contributed by atoms with Crippen LogP contribution in [0.25, 0.3) is 11.2 Å². The van der Waals surface area contributed by atoms with Crippen molar-refractivity contribution in [2.24, 2.45) is 0 Å². The molecule has 1 aliphatic heterocycles. The van der Waals surface area contributed by atoms with Gasteiger partial charge in [-0.2, -0.15) is 4.98 Å². The average molecular weight is 447 g/mol. The molecule has 0 unspecified atom stereocenters. The second-order valence-electron chi connectivity index (χ2n) is 7.86. The van der Waals surface area contributed by atoms with Gasteiger partial charge in [0.05, 0.1) is 29.6 Å². The number of ether oxygens (including phenoxy) is 1. The molecule has 0 spiro atoms. The number of hydrogen-bond donors (Lipinski definition) is 2. The quantitative estimate of drug-likeness (QED) is 0.528. The maximum atomic E-state index is 12.8. The summed E-state index contributed by atoms with van der Waals surface area (Å²) in [5.74, 6) is 0.349. The fraction of sp³-hybridized carbons (Fsp3) is 0.389. The number of hydrogen-bond acceptors (Lipinski definition) is 6. The standard InChI is InChI=1S/C18H22B2Cl2N6O2/c19-18(20,11-1-2-12(21)13(22)9-11)26-17-24-15-14(16(29)25-17)28(10-23-15)4-3-27-5-7-30-8-6-27/h1-2,9-10H,3-8,19-20H2,(H2,24,25,26,29). The van der Waals surface area contributed by atoms with Crippen LogP contribution in [0.2, 0.25) is 10.0 Å². The Bertz CT molecular complexity index is 1110. The molecule has 4 rings (SSSR count). The number of morpholine rings is 1. The molecule has 3 heterocycles. The summed E-state index contributed by atoms with van der Waals surface area (Å²) in [7, 11) is 3.94. The van der Waals surface area contributed by atoms with Crippen molar-refractivity contribution in [3.8, 4) is 0 Å². The fourth-order valence-corrected chi connectivity index (χ4v) is 3.84.